The normalized spacial score (nSPS) is 12.6. The zero-order valence-electron chi connectivity index (χ0n) is 9.14. The van der Waals surface area contributed by atoms with Crippen LogP contribution in [0.25, 0.3) is 0 Å². The summed E-state index contributed by atoms with van der Waals surface area (Å²) in [5, 5.41) is 7.02. The molecule has 0 saturated carbocycles. The third-order valence-corrected chi connectivity index (χ3v) is 2.01. The lowest BCUT2D eigenvalue weighted by Gasteiger charge is -2.23. The first-order valence-electron chi connectivity index (χ1n) is 4.76. The van der Waals surface area contributed by atoms with Crippen LogP contribution in [0.4, 0.5) is 26.3 Å². The molecule has 0 unspecified atom stereocenters. The Morgan fingerprint density at radius 1 is 1.00 bits per heavy atom. The second-order valence-corrected chi connectivity index (χ2v) is 3.52. The summed E-state index contributed by atoms with van der Waals surface area (Å²) in [7, 11) is 0. The van der Waals surface area contributed by atoms with Gasteiger partial charge in [-0.05, 0) is 24.3 Å². The van der Waals surface area contributed by atoms with Crippen LogP contribution >= 0.6 is 0 Å². The van der Waals surface area contributed by atoms with E-state index in [1.54, 1.807) is 0 Å². The molecule has 0 aromatic heterocycles. The molecule has 0 aliphatic carbocycles. The SMILES string of the molecule is N=C(N)c1ccc(OC(C(F)(F)F)C(F)(F)F)cc1. The van der Waals surface area contributed by atoms with Crippen LogP contribution < -0.4 is 10.5 Å². The molecule has 0 aliphatic heterocycles. The molecule has 0 spiro atoms. The van der Waals surface area contributed by atoms with Crippen molar-refractivity contribution in [1.82, 2.24) is 0 Å². The molecule has 9 heteroatoms. The van der Waals surface area contributed by atoms with Crippen LogP contribution in [0.3, 0.4) is 0 Å². The van der Waals surface area contributed by atoms with Crippen LogP contribution in [0.5, 0.6) is 5.75 Å². The van der Waals surface area contributed by atoms with Crippen LogP contribution in [0.2, 0.25) is 0 Å². The van der Waals surface area contributed by atoms with Crippen molar-refractivity contribution in [3.63, 3.8) is 0 Å². The number of nitrogens with one attached hydrogen (secondary N) is 1. The van der Waals surface area contributed by atoms with Crippen LogP contribution in [0.1, 0.15) is 5.56 Å². The predicted octanol–water partition coefficient (Wildman–Crippen LogP) is 2.84. The van der Waals surface area contributed by atoms with E-state index in [1.165, 1.54) is 0 Å². The minimum atomic E-state index is -5.57. The number of halogens is 6. The summed E-state index contributed by atoms with van der Waals surface area (Å²) in [6, 6.07) is 3.92. The van der Waals surface area contributed by atoms with Gasteiger partial charge in [0.1, 0.15) is 11.6 Å². The summed E-state index contributed by atoms with van der Waals surface area (Å²) >= 11 is 0. The lowest BCUT2D eigenvalue weighted by Crippen LogP contribution is -2.46. The van der Waals surface area contributed by atoms with E-state index < -0.39 is 24.2 Å². The fourth-order valence-electron chi connectivity index (χ4n) is 1.17. The molecule has 0 atom stereocenters. The van der Waals surface area contributed by atoms with E-state index in [9.17, 15) is 26.3 Å². The van der Waals surface area contributed by atoms with Gasteiger partial charge in [0.25, 0.3) is 6.10 Å². The van der Waals surface area contributed by atoms with Crippen molar-refractivity contribution in [2.75, 3.05) is 0 Å². The molecule has 0 fully saturated rings. The van der Waals surface area contributed by atoms with Crippen molar-refractivity contribution in [3.8, 4) is 5.75 Å². The van der Waals surface area contributed by atoms with Gasteiger partial charge in [0.2, 0.25) is 0 Å². The minimum absolute atomic E-state index is 0.155. The fourth-order valence-corrected chi connectivity index (χ4v) is 1.17. The number of hydrogen-bond donors (Lipinski definition) is 2. The number of ether oxygens (including phenoxy) is 1. The van der Waals surface area contributed by atoms with Crippen molar-refractivity contribution in [3.05, 3.63) is 29.8 Å². The molecule has 3 nitrogen and oxygen atoms in total. The Morgan fingerprint density at radius 2 is 1.42 bits per heavy atom. The van der Waals surface area contributed by atoms with Gasteiger partial charge in [-0.15, -0.1) is 0 Å². The van der Waals surface area contributed by atoms with Gasteiger partial charge in [-0.3, -0.25) is 5.41 Å². The van der Waals surface area contributed by atoms with Gasteiger partial charge in [-0.2, -0.15) is 26.3 Å². The molecule has 0 aliphatic rings. The number of benzene rings is 1. The van der Waals surface area contributed by atoms with Crippen LogP contribution in [-0.4, -0.2) is 24.3 Å². The smallest absolute Gasteiger partial charge is 0.434 e. The van der Waals surface area contributed by atoms with E-state index in [-0.39, 0.29) is 11.4 Å². The lowest BCUT2D eigenvalue weighted by molar-refractivity contribution is -0.299. The average molecular weight is 286 g/mol. The highest BCUT2D eigenvalue weighted by molar-refractivity contribution is 5.94. The maximum Gasteiger partial charge on any atom is 0.434 e. The number of rotatable bonds is 3. The number of nitrogens with two attached hydrogens (primary N) is 1. The van der Waals surface area contributed by atoms with Gasteiger partial charge < -0.3 is 10.5 Å². The number of alkyl halides is 6. The Morgan fingerprint density at radius 3 is 1.74 bits per heavy atom. The standard InChI is InChI=1S/C10H8F6N2O/c11-9(12,13)8(10(14,15)16)19-6-3-1-5(2-4-6)7(17)18/h1-4,8H,(H3,17,18). The summed E-state index contributed by atoms with van der Waals surface area (Å²) in [5.74, 6) is -0.987. The maximum absolute atomic E-state index is 12.2. The molecule has 1 aromatic rings. The van der Waals surface area contributed by atoms with Crippen molar-refractivity contribution in [1.29, 1.82) is 5.41 Å². The van der Waals surface area contributed by atoms with E-state index in [0.717, 1.165) is 24.3 Å². The van der Waals surface area contributed by atoms with E-state index in [4.69, 9.17) is 11.1 Å². The topological polar surface area (TPSA) is 59.1 Å². The van der Waals surface area contributed by atoms with Gasteiger partial charge >= 0.3 is 12.4 Å². The number of amidine groups is 1. The summed E-state index contributed by atoms with van der Waals surface area (Å²) in [6.07, 6.45) is -15.0. The van der Waals surface area contributed by atoms with Crippen molar-refractivity contribution < 1.29 is 31.1 Å². The molecule has 0 radical (unpaired) electrons. The molecule has 0 heterocycles. The van der Waals surface area contributed by atoms with Crippen molar-refractivity contribution >= 4 is 5.84 Å². The highest BCUT2D eigenvalue weighted by atomic mass is 19.4. The predicted molar refractivity (Wildman–Crippen MR) is 54.0 cm³/mol. The van der Waals surface area contributed by atoms with Gasteiger partial charge in [0, 0.05) is 5.56 Å². The third kappa shape index (κ3) is 4.04. The molecule has 0 bridgehead atoms. The first kappa shape index (κ1) is 15.1. The zero-order chi connectivity index (χ0) is 14.8. The van der Waals surface area contributed by atoms with E-state index in [0.29, 0.717) is 0 Å². The Labute approximate surface area is 103 Å². The molecule has 106 valence electrons. The van der Waals surface area contributed by atoms with E-state index in [2.05, 4.69) is 4.74 Å². The highest BCUT2D eigenvalue weighted by Crippen LogP contribution is 2.36. The minimum Gasteiger partial charge on any atom is -0.471 e. The summed E-state index contributed by atoms with van der Waals surface area (Å²) in [4.78, 5) is 0. The quantitative estimate of drug-likeness (QED) is 0.510. The molecule has 0 saturated heterocycles. The largest absolute Gasteiger partial charge is 0.471 e. The van der Waals surface area contributed by atoms with Crippen molar-refractivity contribution in [2.24, 2.45) is 5.73 Å². The molecule has 0 amide bonds. The second kappa shape index (κ2) is 4.98. The summed E-state index contributed by atoms with van der Waals surface area (Å²) < 4.78 is 77.2. The average Bonchev–Trinajstić information content (AvgIpc) is 2.23. The molecular weight excluding hydrogens is 278 g/mol. The maximum atomic E-state index is 12.2. The van der Waals surface area contributed by atoms with Gasteiger partial charge in [0.15, 0.2) is 0 Å². The molecule has 1 aromatic carbocycles. The lowest BCUT2D eigenvalue weighted by atomic mass is 10.2. The monoisotopic (exact) mass is 286 g/mol. The zero-order valence-corrected chi connectivity index (χ0v) is 9.14. The number of nitrogen functional groups attached to an aromatic ring is 1. The Bertz CT molecular complexity index is 437. The Hall–Kier alpha value is -1.93. The van der Waals surface area contributed by atoms with Gasteiger partial charge in [0.05, 0.1) is 0 Å². The first-order chi connectivity index (χ1) is 8.51. The van der Waals surface area contributed by atoms with E-state index >= 15 is 0 Å². The van der Waals surface area contributed by atoms with Crippen LogP contribution in [-0.2, 0) is 0 Å². The fraction of sp³-hybridized carbons (Fsp3) is 0.300. The molecule has 1 rings (SSSR count). The van der Waals surface area contributed by atoms with Gasteiger partial charge in [-0.1, -0.05) is 0 Å². The van der Waals surface area contributed by atoms with Gasteiger partial charge in [-0.25, -0.2) is 0 Å². The first-order valence-corrected chi connectivity index (χ1v) is 4.76. The summed E-state index contributed by atoms with van der Waals surface area (Å²) in [6.45, 7) is 0. The van der Waals surface area contributed by atoms with E-state index in [1.807, 2.05) is 0 Å². The van der Waals surface area contributed by atoms with Crippen LogP contribution in [0.15, 0.2) is 24.3 Å². The Kier molecular flexibility index (Phi) is 3.97. The molecular formula is C10H8F6N2O. The Balaban J connectivity index is 2.95. The van der Waals surface area contributed by atoms with Crippen molar-refractivity contribution in [2.45, 2.75) is 18.5 Å². The molecule has 3 N–H and O–H groups in total. The second-order valence-electron chi connectivity index (χ2n) is 3.52. The highest BCUT2D eigenvalue weighted by Gasteiger charge is 2.59. The van der Waals surface area contributed by atoms with Crippen LogP contribution in [0, 0.1) is 5.41 Å². The number of hydrogen-bond acceptors (Lipinski definition) is 2. The third-order valence-electron chi connectivity index (χ3n) is 2.01. The summed E-state index contributed by atoms with van der Waals surface area (Å²) in [5.41, 5.74) is 5.24. The molecule has 19 heavy (non-hydrogen) atoms.